The van der Waals surface area contributed by atoms with Crippen molar-refractivity contribution >= 4 is 28.3 Å². The summed E-state index contributed by atoms with van der Waals surface area (Å²) < 4.78 is 0. The number of halogens is 1. The van der Waals surface area contributed by atoms with Gasteiger partial charge in [-0.05, 0) is 42.8 Å². The number of rotatable bonds is 3. The van der Waals surface area contributed by atoms with E-state index in [4.69, 9.17) is 22.1 Å². The van der Waals surface area contributed by atoms with Gasteiger partial charge >= 0.3 is 0 Å². The van der Waals surface area contributed by atoms with E-state index in [0.29, 0.717) is 16.2 Å². The van der Waals surface area contributed by atoms with Gasteiger partial charge in [-0.3, -0.25) is 0 Å². The SMILES string of the molecule is Cc1ccc(-n2nc3ccc(NC=C(C#N)C#N)cc3n2)cc1Cl. The maximum atomic E-state index is 8.73. The summed E-state index contributed by atoms with van der Waals surface area (Å²) in [6.07, 6.45) is 1.35. The first-order chi connectivity index (χ1) is 11.6. The van der Waals surface area contributed by atoms with Gasteiger partial charge in [-0.15, -0.1) is 10.2 Å². The van der Waals surface area contributed by atoms with Gasteiger partial charge in [-0.2, -0.15) is 15.3 Å². The molecule has 0 unspecified atom stereocenters. The molecule has 1 heterocycles. The molecule has 0 spiro atoms. The Labute approximate surface area is 143 Å². The predicted molar refractivity (Wildman–Crippen MR) is 91.5 cm³/mol. The molecule has 2 aromatic carbocycles. The Bertz CT molecular complexity index is 1020. The molecule has 0 aliphatic rings. The third-order valence-electron chi connectivity index (χ3n) is 3.39. The summed E-state index contributed by atoms with van der Waals surface area (Å²) in [5.41, 5.74) is 3.86. The Morgan fingerprint density at radius 3 is 2.58 bits per heavy atom. The summed E-state index contributed by atoms with van der Waals surface area (Å²) in [4.78, 5) is 1.52. The number of nitriles is 2. The zero-order chi connectivity index (χ0) is 17.1. The lowest BCUT2D eigenvalue weighted by atomic mass is 10.2. The van der Waals surface area contributed by atoms with Crippen LogP contribution in [0.25, 0.3) is 16.7 Å². The van der Waals surface area contributed by atoms with Crippen LogP contribution < -0.4 is 5.32 Å². The monoisotopic (exact) mass is 334 g/mol. The van der Waals surface area contributed by atoms with E-state index in [-0.39, 0.29) is 5.57 Å². The predicted octanol–water partition coefficient (Wildman–Crippen LogP) is 3.73. The van der Waals surface area contributed by atoms with E-state index in [2.05, 4.69) is 15.5 Å². The van der Waals surface area contributed by atoms with E-state index in [9.17, 15) is 0 Å². The minimum Gasteiger partial charge on any atom is -0.360 e. The summed E-state index contributed by atoms with van der Waals surface area (Å²) >= 11 is 6.15. The number of hydrogen-bond donors (Lipinski definition) is 1. The molecule has 7 heteroatoms. The number of nitrogens with zero attached hydrogens (tertiary/aromatic N) is 5. The fourth-order valence-electron chi connectivity index (χ4n) is 2.07. The summed E-state index contributed by atoms with van der Waals surface area (Å²) in [6.45, 7) is 1.93. The highest BCUT2D eigenvalue weighted by Gasteiger charge is 2.07. The molecule has 1 N–H and O–H groups in total. The normalized spacial score (nSPS) is 10.0. The Morgan fingerprint density at radius 2 is 1.88 bits per heavy atom. The van der Waals surface area contributed by atoms with Gasteiger partial charge in [0.25, 0.3) is 0 Å². The van der Waals surface area contributed by atoms with Crippen LogP contribution in [0.4, 0.5) is 5.69 Å². The number of allylic oxidation sites excluding steroid dienone is 1. The molecule has 0 amide bonds. The second-order valence-corrected chi connectivity index (χ2v) is 5.46. The quantitative estimate of drug-likeness (QED) is 0.737. The van der Waals surface area contributed by atoms with Crippen LogP contribution in [0, 0.1) is 29.6 Å². The molecule has 0 aliphatic carbocycles. The maximum absolute atomic E-state index is 8.73. The lowest BCUT2D eigenvalue weighted by Crippen LogP contribution is -1.98. The first-order valence-corrected chi connectivity index (χ1v) is 7.39. The van der Waals surface area contributed by atoms with Gasteiger partial charge in [-0.1, -0.05) is 17.7 Å². The number of hydrogen-bond acceptors (Lipinski definition) is 5. The highest BCUT2D eigenvalue weighted by Crippen LogP contribution is 2.21. The van der Waals surface area contributed by atoms with Gasteiger partial charge in [0, 0.05) is 16.9 Å². The molecule has 0 bridgehead atoms. The van der Waals surface area contributed by atoms with Crippen LogP contribution in [0.1, 0.15) is 5.56 Å². The second kappa shape index (κ2) is 6.41. The average molecular weight is 335 g/mol. The lowest BCUT2D eigenvalue weighted by molar-refractivity contribution is 0.765. The second-order valence-electron chi connectivity index (χ2n) is 5.05. The summed E-state index contributed by atoms with van der Waals surface area (Å²) in [6, 6.07) is 14.6. The van der Waals surface area contributed by atoms with Crippen molar-refractivity contribution in [3.05, 3.63) is 58.8 Å². The fraction of sp³-hybridized carbons (Fsp3) is 0.0588. The molecule has 0 atom stereocenters. The third kappa shape index (κ3) is 3.05. The summed E-state index contributed by atoms with van der Waals surface area (Å²) in [5, 5.41) is 29.9. The molecule has 24 heavy (non-hydrogen) atoms. The summed E-state index contributed by atoms with van der Waals surface area (Å²) in [5.74, 6) is 0. The Morgan fingerprint density at radius 1 is 1.12 bits per heavy atom. The van der Waals surface area contributed by atoms with Gasteiger partial charge in [0.15, 0.2) is 0 Å². The van der Waals surface area contributed by atoms with E-state index >= 15 is 0 Å². The topological polar surface area (TPSA) is 90.3 Å². The number of fused-ring (bicyclic) bond motifs is 1. The Hall–Kier alpha value is -3.35. The number of nitrogens with one attached hydrogen (secondary N) is 1. The number of aromatic nitrogens is 3. The van der Waals surface area contributed by atoms with Crippen LogP contribution in [0.15, 0.2) is 48.2 Å². The molecular weight excluding hydrogens is 324 g/mol. The molecule has 0 saturated heterocycles. The molecule has 3 aromatic rings. The van der Waals surface area contributed by atoms with Gasteiger partial charge < -0.3 is 5.32 Å². The highest BCUT2D eigenvalue weighted by atomic mass is 35.5. The van der Waals surface area contributed by atoms with Crippen molar-refractivity contribution in [3.63, 3.8) is 0 Å². The average Bonchev–Trinajstić information content (AvgIpc) is 3.01. The Balaban J connectivity index is 1.95. The first-order valence-electron chi connectivity index (χ1n) is 7.01. The van der Waals surface area contributed by atoms with Crippen LogP contribution >= 0.6 is 11.6 Å². The van der Waals surface area contributed by atoms with Gasteiger partial charge in [-0.25, -0.2) is 0 Å². The standard InChI is InChI=1S/C17H11ClN6/c1-11-2-4-14(7-15(11)18)24-22-16-5-3-13(6-17(16)23-24)21-10-12(8-19)9-20/h2-7,10,21H,1H3. The van der Waals surface area contributed by atoms with Gasteiger partial charge in [0.1, 0.15) is 28.7 Å². The van der Waals surface area contributed by atoms with Crippen LogP contribution in [0.3, 0.4) is 0 Å². The highest BCUT2D eigenvalue weighted by molar-refractivity contribution is 6.31. The summed E-state index contributed by atoms with van der Waals surface area (Å²) in [7, 11) is 0. The van der Waals surface area contributed by atoms with Crippen molar-refractivity contribution in [2.45, 2.75) is 6.92 Å². The minimum absolute atomic E-state index is 0.00644. The van der Waals surface area contributed by atoms with E-state index < -0.39 is 0 Å². The molecule has 0 fully saturated rings. The van der Waals surface area contributed by atoms with E-state index in [1.807, 2.05) is 31.2 Å². The molecule has 0 radical (unpaired) electrons. The first kappa shape index (κ1) is 15.5. The molecule has 116 valence electrons. The van der Waals surface area contributed by atoms with Crippen LogP contribution in [0.5, 0.6) is 0 Å². The van der Waals surface area contributed by atoms with E-state index in [1.54, 1.807) is 24.3 Å². The smallest absolute Gasteiger partial charge is 0.145 e. The van der Waals surface area contributed by atoms with E-state index in [0.717, 1.165) is 16.8 Å². The molecule has 0 aliphatic heterocycles. The van der Waals surface area contributed by atoms with Crippen molar-refractivity contribution in [1.82, 2.24) is 15.0 Å². The van der Waals surface area contributed by atoms with Crippen molar-refractivity contribution in [3.8, 4) is 17.8 Å². The van der Waals surface area contributed by atoms with Crippen molar-refractivity contribution in [2.75, 3.05) is 5.32 Å². The fourth-order valence-corrected chi connectivity index (χ4v) is 2.25. The molecule has 3 rings (SSSR count). The lowest BCUT2D eigenvalue weighted by Gasteiger charge is -2.01. The number of benzene rings is 2. The van der Waals surface area contributed by atoms with Crippen LogP contribution in [-0.4, -0.2) is 15.0 Å². The maximum Gasteiger partial charge on any atom is 0.145 e. The van der Waals surface area contributed by atoms with Crippen molar-refractivity contribution in [1.29, 1.82) is 10.5 Å². The zero-order valence-corrected chi connectivity index (χ0v) is 13.4. The number of aryl methyl sites for hydroxylation is 1. The van der Waals surface area contributed by atoms with Crippen molar-refractivity contribution in [2.24, 2.45) is 0 Å². The van der Waals surface area contributed by atoms with Crippen molar-refractivity contribution < 1.29 is 0 Å². The van der Waals surface area contributed by atoms with Gasteiger partial charge in [0.2, 0.25) is 0 Å². The van der Waals surface area contributed by atoms with Crippen LogP contribution in [-0.2, 0) is 0 Å². The molecule has 1 aromatic heterocycles. The zero-order valence-electron chi connectivity index (χ0n) is 12.7. The van der Waals surface area contributed by atoms with Crippen LogP contribution in [0.2, 0.25) is 5.02 Å². The molecule has 6 nitrogen and oxygen atoms in total. The largest absolute Gasteiger partial charge is 0.360 e. The van der Waals surface area contributed by atoms with Gasteiger partial charge in [0.05, 0.1) is 5.69 Å². The third-order valence-corrected chi connectivity index (χ3v) is 3.80. The minimum atomic E-state index is -0.00644. The molecule has 0 saturated carbocycles. The number of anilines is 1. The molecular formula is C17H11ClN6. The Kier molecular flexibility index (Phi) is 4.15. The van der Waals surface area contributed by atoms with E-state index in [1.165, 1.54) is 11.0 Å².